The molecule has 1 heterocycles. The third-order valence-corrected chi connectivity index (χ3v) is 1.53. The van der Waals surface area contributed by atoms with Gasteiger partial charge in [0.2, 0.25) is 0 Å². The molecule has 0 radical (unpaired) electrons. The monoisotopic (exact) mass is 184 g/mol. The Kier molecular flexibility index (Phi) is 3.10. The fraction of sp³-hybridized carbons (Fsp3) is 0.125. The molecule has 0 atom stereocenters. The molecule has 0 saturated carbocycles. The first-order valence-electron chi connectivity index (χ1n) is 3.42. The summed E-state index contributed by atoms with van der Waals surface area (Å²) in [5.74, 6) is 0.535. The van der Waals surface area contributed by atoms with Crippen LogP contribution in [0.25, 0.3) is 6.08 Å². The molecular formula is C8H9FN2S. The van der Waals surface area contributed by atoms with Gasteiger partial charge in [-0.15, -0.1) is 0 Å². The number of halogens is 1. The molecule has 0 amide bonds. The summed E-state index contributed by atoms with van der Waals surface area (Å²) in [5, 5.41) is 0. The van der Waals surface area contributed by atoms with E-state index in [9.17, 15) is 4.39 Å². The average Bonchev–Trinajstić information content (AvgIpc) is 2.07. The maximum atomic E-state index is 12.6. The molecule has 0 saturated heterocycles. The molecule has 0 unspecified atom stereocenters. The van der Waals surface area contributed by atoms with E-state index in [2.05, 4.69) is 17.6 Å². The standard InChI is InChI=1S/C8H9FN2S/c9-7-4-6(2-1-3-12)8(10)11-5-7/h1-2,4-5,12H,3H2,(H2,10,11). The molecule has 0 bridgehead atoms. The number of pyridine rings is 1. The van der Waals surface area contributed by atoms with Gasteiger partial charge in [0.05, 0.1) is 6.20 Å². The first-order chi connectivity index (χ1) is 5.74. The second-order valence-electron chi connectivity index (χ2n) is 2.21. The maximum Gasteiger partial charge on any atom is 0.142 e. The lowest BCUT2D eigenvalue weighted by Gasteiger charge is -1.97. The van der Waals surface area contributed by atoms with Crippen molar-refractivity contribution in [3.8, 4) is 0 Å². The molecule has 0 aliphatic heterocycles. The third-order valence-electron chi connectivity index (χ3n) is 1.32. The highest BCUT2D eigenvalue weighted by Crippen LogP contribution is 2.11. The van der Waals surface area contributed by atoms with Crippen LogP contribution in [0.2, 0.25) is 0 Å². The van der Waals surface area contributed by atoms with Gasteiger partial charge in [0, 0.05) is 11.3 Å². The Morgan fingerprint density at radius 1 is 1.67 bits per heavy atom. The first-order valence-corrected chi connectivity index (χ1v) is 4.05. The topological polar surface area (TPSA) is 38.9 Å². The van der Waals surface area contributed by atoms with Gasteiger partial charge in [-0.05, 0) is 6.07 Å². The molecule has 0 aromatic carbocycles. The lowest BCUT2D eigenvalue weighted by atomic mass is 10.2. The minimum absolute atomic E-state index is 0.328. The van der Waals surface area contributed by atoms with Gasteiger partial charge in [0.15, 0.2) is 0 Å². The van der Waals surface area contributed by atoms with Crippen LogP contribution in [0.5, 0.6) is 0 Å². The Bertz CT molecular complexity index is 299. The van der Waals surface area contributed by atoms with Crippen molar-refractivity contribution in [2.45, 2.75) is 0 Å². The first kappa shape index (κ1) is 9.06. The molecule has 0 aliphatic rings. The summed E-state index contributed by atoms with van der Waals surface area (Å²) in [5.41, 5.74) is 6.06. The van der Waals surface area contributed by atoms with Crippen LogP contribution in [0.3, 0.4) is 0 Å². The highest BCUT2D eigenvalue weighted by Gasteiger charge is 1.97. The van der Waals surface area contributed by atoms with Crippen LogP contribution in [-0.2, 0) is 0 Å². The van der Waals surface area contributed by atoms with Crippen molar-refractivity contribution in [3.05, 3.63) is 29.7 Å². The summed E-state index contributed by atoms with van der Waals surface area (Å²) in [6.07, 6.45) is 4.56. The molecule has 1 aromatic heterocycles. The molecule has 0 fully saturated rings. The smallest absolute Gasteiger partial charge is 0.142 e. The van der Waals surface area contributed by atoms with E-state index in [1.54, 1.807) is 12.2 Å². The van der Waals surface area contributed by atoms with Crippen molar-refractivity contribution < 1.29 is 4.39 Å². The zero-order valence-electron chi connectivity index (χ0n) is 6.37. The van der Waals surface area contributed by atoms with Crippen LogP contribution in [0, 0.1) is 5.82 Å². The van der Waals surface area contributed by atoms with Crippen LogP contribution in [-0.4, -0.2) is 10.7 Å². The predicted molar refractivity (Wildman–Crippen MR) is 51.5 cm³/mol. The number of hydrogen-bond donors (Lipinski definition) is 2. The zero-order valence-corrected chi connectivity index (χ0v) is 7.26. The van der Waals surface area contributed by atoms with Gasteiger partial charge in [-0.1, -0.05) is 12.2 Å². The fourth-order valence-electron chi connectivity index (χ4n) is 0.779. The van der Waals surface area contributed by atoms with E-state index >= 15 is 0 Å². The van der Waals surface area contributed by atoms with E-state index in [-0.39, 0.29) is 5.82 Å². The normalized spacial score (nSPS) is 10.8. The number of rotatable bonds is 2. The van der Waals surface area contributed by atoms with Crippen molar-refractivity contribution in [2.75, 3.05) is 11.5 Å². The highest BCUT2D eigenvalue weighted by atomic mass is 32.1. The molecule has 1 rings (SSSR count). The van der Waals surface area contributed by atoms with Crippen LogP contribution in [0.1, 0.15) is 5.56 Å². The predicted octanol–water partition coefficient (Wildman–Crippen LogP) is 1.75. The van der Waals surface area contributed by atoms with Gasteiger partial charge in [-0.3, -0.25) is 0 Å². The molecule has 4 heteroatoms. The van der Waals surface area contributed by atoms with Gasteiger partial charge in [0.1, 0.15) is 11.6 Å². The van der Waals surface area contributed by atoms with Gasteiger partial charge >= 0.3 is 0 Å². The summed E-state index contributed by atoms with van der Waals surface area (Å²) in [6, 6.07) is 1.34. The maximum absolute atomic E-state index is 12.6. The number of aromatic nitrogens is 1. The van der Waals surface area contributed by atoms with Crippen LogP contribution < -0.4 is 5.73 Å². The van der Waals surface area contributed by atoms with E-state index in [1.165, 1.54) is 6.07 Å². The summed E-state index contributed by atoms with van der Waals surface area (Å²) >= 11 is 3.97. The Labute approximate surface area is 75.7 Å². The van der Waals surface area contributed by atoms with Crippen LogP contribution >= 0.6 is 12.6 Å². The molecule has 1 aromatic rings. The van der Waals surface area contributed by atoms with Crippen molar-refractivity contribution in [3.63, 3.8) is 0 Å². The number of nitrogens with two attached hydrogens (primary N) is 1. The van der Waals surface area contributed by atoms with E-state index in [0.29, 0.717) is 17.1 Å². The number of anilines is 1. The third kappa shape index (κ3) is 2.23. The second kappa shape index (κ2) is 4.11. The summed E-state index contributed by atoms with van der Waals surface area (Å²) in [4.78, 5) is 3.66. The van der Waals surface area contributed by atoms with E-state index in [0.717, 1.165) is 6.20 Å². The Morgan fingerprint density at radius 3 is 3.08 bits per heavy atom. The minimum Gasteiger partial charge on any atom is -0.383 e. The number of nitrogen functional groups attached to an aromatic ring is 1. The van der Waals surface area contributed by atoms with E-state index in [4.69, 9.17) is 5.73 Å². The fourth-order valence-corrected chi connectivity index (χ4v) is 0.884. The van der Waals surface area contributed by atoms with Crippen molar-refractivity contribution in [1.82, 2.24) is 4.98 Å². The van der Waals surface area contributed by atoms with Gasteiger partial charge in [-0.2, -0.15) is 12.6 Å². The van der Waals surface area contributed by atoms with Crippen LogP contribution in [0.15, 0.2) is 18.3 Å². The Morgan fingerprint density at radius 2 is 2.42 bits per heavy atom. The van der Waals surface area contributed by atoms with Gasteiger partial charge in [0.25, 0.3) is 0 Å². The van der Waals surface area contributed by atoms with Crippen molar-refractivity contribution in [2.24, 2.45) is 0 Å². The number of thiol groups is 1. The molecule has 64 valence electrons. The second-order valence-corrected chi connectivity index (χ2v) is 2.58. The minimum atomic E-state index is -0.386. The molecule has 12 heavy (non-hydrogen) atoms. The summed E-state index contributed by atoms with van der Waals surface area (Å²) in [7, 11) is 0. The molecule has 0 aliphatic carbocycles. The molecule has 0 spiro atoms. The zero-order chi connectivity index (χ0) is 8.97. The summed E-state index contributed by atoms with van der Waals surface area (Å²) < 4.78 is 12.6. The summed E-state index contributed by atoms with van der Waals surface area (Å²) in [6.45, 7) is 0. The quantitative estimate of drug-likeness (QED) is 0.687. The van der Waals surface area contributed by atoms with Crippen LogP contribution in [0.4, 0.5) is 10.2 Å². The van der Waals surface area contributed by atoms with E-state index in [1.807, 2.05) is 0 Å². The molecule has 2 nitrogen and oxygen atoms in total. The number of hydrogen-bond acceptors (Lipinski definition) is 3. The lowest BCUT2D eigenvalue weighted by Crippen LogP contribution is -1.94. The Hall–Kier alpha value is -1.03. The van der Waals surface area contributed by atoms with Gasteiger partial charge in [-0.25, -0.2) is 9.37 Å². The van der Waals surface area contributed by atoms with Gasteiger partial charge < -0.3 is 5.73 Å². The lowest BCUT2D eigenvalue weighted by molar-refractivity contribution is 0.621. The van der Waals surface area contributed by atoms with Crippen molar-refractivity contribution >= 4 is 24.5 Å². The van der Waals surface area contributed by atoms with Crippen molar-refractivity contribution in [1.29, 1.82) is 0 Å². The van der Waals surface area contributed by atoms with E-state index < -0.39 is 0 Å². The molecular weight excluding hydrogens is 175 g/mol. The Balaban J connectivity index is 2.97. The average molecular weight is 184 g/mol. The SMILES string of the molecule is Nc1ncc(F)cc1C=CCS. The largest absolute Gasteiger partial charge is 0.383 e. The molecule has 2 N–H and O–H groups in total. The highest BCUT2D eigenvalue weighted by molar-refractivity contribution is 7.80. The number of nitrogens with zero attached hydrogens (tertiary/aromatic N) is 1.